The van der Waals surface area contributed by atoms with E-state index < -0.39 is 0 Å². The zero-order valence-corrected chi connectivity index (χ0v) is 18.4. The Morgan fingerprint density at radius 3 is 2.75 bits per heavy atom. The van der Waals surface area contributed by atoms with Crippen LogP contribution in [-0.4, -0.2) is 37.2 Å². The number of anilines is 1. The van der Waals surface area contributed by atoms with E-state index in [4.69, 9.17) is 17.3 Å². The van der Waals surface area contributed by atoms with Gasteiger partial charge in [0.25, 0.3) is 0 Å². The Morgan fingerprint density at radius 1 is 1.16 bits per heavy atom. The average molecular weight is 452 g/mol. The number of aryl methyl sites for hydroxylation is 1. The molecule has 0 bridgehead atoms. The predicted octanol–water partition coefficient (Wildman–Crippen LogP) is 3.99. The largest absolute Gasteiger partial charge is 0.355 e. The van der Waals surface area contributed by atoms with E-state index in [1.54, 1.807) is 24.7 Å². The predicted molar refractivity (Wildman–Crippen MR) is 121 cm³/mol. The number of nitrogens with zero attached hydrogens (tertiary/aromatic N) is 6. The van der Waals surface area contributed by atoms with Crippen LogP contribution >= 0.6 is 11.6 Å². The van der Waals surface area contributed by atoms with E-state index >= 15 is 0 Å². The third kappa shape index (κ3) is 2.72. The van der Waals surface area contributed by atoms with Crippen LogP contribution in [0.15, 0.2) is 43.0 Å². The minimum absolute atomic E-state index is 0.00362. The number of fused-ring (bicyclic) bond motifs is 2. The highest BCUT2D eigenvalue weighted by Gasteiger charge is 2.47. The van der Waals surface area contributed by atoms with Crippen LogP contribution in [0, 0.1) is 18.2 Å². The highest BCUT2D eigenvalue weighted by Crippen LogP contribution is 2.48. The lowest BCUT2D eigenvalue weighted by atomic mass is 9.73. The fourth-order valence-corrected chi connectivity index (χ4v) is 5.52. The van der Waals surface area contributed by atoms with Gasteiger partial charge in [-0.05, 0) is 37.5 Å². The van der Waals surface area contributed by atoms with Gasteiger partial charge in [0, 0.05) is 43.6 Å². The Bertz CT molecular complexity index is 1340. The molecule has 1 atom stereocenters. The first-order valence-electron chi connectivity index (χ1n) is 10.8. The third-order valence-electron chi connectivity index (χ3n) is 7.20. The van der Waals surface area contributed by atoms with Crippen molar-refractivity contribution in [1.29, 1.82) is 0 Å². The first-order chi connectivity index (χ1) is 15.5. The summed E-state index contributed by atoms with van der Waals surface area (Å²) in [4.78, 5) is 11.5. The van der Waals surface area contributed by atoms with Crippen LogP contribution in [0.25, 0.3) is 16.9 Å². The summed E-state index contributed by atoms with van der Waals surface area (Å²) in [6, 6.07) is 5.13. The van der Waals surface area contributed by atoms with Crippen LogP contribution < -0.4 is 10.6 Å². The van der Waals surface area contributed by atoms with Gasteiger partial charge in [0.2, 0.25) is 0 Å². The normalized spacial score (nSPS) is 19.8. The molecule has 1 spiro atoms. The lowest BCUT2D eigenvalue weighted by Crippen LogP contribution is -2.45. The standard InChI is InChI=1S/C23H23ClFN7/c1-14-2-3-15(25)18(19(14)24)22-28-12-17-21(27-8-11-31(17)22)30-9-5-23(6-10-30)13-32-16(20(23)26)4-7-29-32/h2-4,7-8,11-12,20H,5-6,9-10,13,26H2,1H3/t20-/m1/s1. The zero-order chi connectivity index (χ0) is 22.0. The van der Waals surface area contributed by atoms with Gasteiger partial charge in [-0.1, -0.05) is 17.7 Å². The van der Waals surface area contributed by atoms with E-state index in [-0.39, 0.29) is 17.3 Å². The summed E-state index contributed by atoms with van der Waals surface area (Å²) >= 11 is 6.45. The van der Waals surface area contributed by atoms with Crippen molar-refractivity contribution in [2.45, 2.75) is 32.4 Å². The molecule has 2 N–H and O–H groups in total. The molecule has 0 unspecified atom stereocenters. The molecule has 0 saturated carbocycles. The van der Waals surface area contributed by atoms with E-state index in [0.717, 1.165) is 55.1 Å². The van der Waals surface area contributed by atoms with Crippen molar-refractivity contribution in [2.24, 2.45) is 11.1 Å². The van der Waals surface area contributed by atoms with Gasteiger partial charge in [-0.2, -0.15) is 5.10 Å². The van der Waals surface area contributed by atoms with Crippen LogP contribution in [0.3, 0.4) is 0 Å². The van der Waals surface area contributed by atoms with Gasteiger partial charge in [-0.3, -0.25) is 9.08 Å². The van der Waals surface area contributed by atoms with E-state index in [9.17, 15) is 4.39 Å². The molecule has 1 fully saturated rings. The van der Waals surface area contributed by atoms with Crippen molar-refractivity contribution in [3.63, 3.8) is 0 Å². The van der Waals surface area contributed by atoms with Crippen LogP contribution in [0.1, 0.15) is 30.1 Å². The molecule has 164 valence electrons. The summed E-state index contributed by atoms with van der Waals surface area (Å²) < 4.78 is 18.6. The van der Waals surface area contributed by atoms with Crippen molar-refractivity contribution in [1.82, 2.24) is 24.1 Å². The van der Waals surface area contributed by atoms with Crippen LogP contribution in [0.4, 0.5) is 10.2 Å². The molecule has 32 heavy (non-hydrogen) atoms. The summed E-state index contributed by atoms with van der Waals surface area (Å²) in [6.45, 7) is 4.40. The Balaban J connectivity index is 1.33. The number of aromatic nitrogens is 5. The molecule has 1 saturated heterocycles. The van der Waals surface area contributed by atoms with Gasteiger partial charge in [-0.15, -0.1) is 0 Å². The average Bonchev–Trinajstić information content (AvgIpc) is 3.49. The first-order valence-corrected chi connectivity index (χ1v) is 11.2. The van der Waals surface area contributed by atoms with Gasteiger partial charge in [-0.25, -0.2) is 14.4 Å². The Labute approximate surface area is 189 Å². The summed E-state index contributed by atoms with van der Waals surface area (Å²) in [5, 5.41) is 4.80. The van der Waals surface area contributed by atoms with Gasteiger partial charge in [0.15, 0.2) is 5.82 Å². The highest BCUT2D eigenvalue weighted by molar-refractivity contribution is 6.34. The molecule has 5 heterocycles. The molecule has 0 amide bonds. The van der Waals surface area contributed by atoms with Gasteiger partial charge in [0.1, 0.15) is 17.2 Å². The number of piperidine rings is 1. The zero-order valence-electron chi connectivity index (χ0n) is 17.7. The highest BCUT2D eigenvalue weighted by atomic mass is 35.5. The first kappa shape index (κ1) is 19.7. The van der Waals surface area contributed by atoms with E-state index in [1.807, 2.05) is 28.3 Å². The van der Waals surface area contributed by atoms with Gasteiger partial charge >= 0.3 is 0 Å². The summed E-state index contributed by atoms with van der Waals surface area (Å²) in [6.07, 6.45) is 9.02. The molecule has 0 aliphatic carbocycles. The van der Waals surface area contributed by atoms with Crippen LogP contribution in [-0.2, 0) is 6.54 Å². The number of benzene rings is 1. The van der Waals surface area contributed by atoms with Crippen molar-refractivity contribution in [2.75, 3.05) is 18.0 Å². The van der Waals surface area contributed by atoms with Crippen molar-refractivity contribution in [3.05, 3.63) is 65.1 Å². The fourth-order valence-electron chi connectivity index (χ4n) is 5.29. The molecular formula is C23H23ClFN7. The van der Waals surface area contributed by atoms with Crippen LogP contribution in [0.5, 0.6) is 0 Å². The Hall–Kier alpha value is -2.97. The van der Waals surface area contributed by atoms with E-state index in [2.05, 4.69) is 20.0 Å². The molecule has 2 aliphatic rings. The molecule has 4 aromatic rings. The maximum Gasteiger partial charge on any atom is 0.154 e. The maximum absolute atomic E-state index is 14.7. The number of hydrogen-bond donors (Lipinski definition) is 1. The lowest BCUT2D eigenvalue weighted by Gasteiger charge is -2.41. The minimum Gasteiger partial charge on any atom is -0.355 e. The fraction of sp³-hybridized carbons (Fsp3) is 0.348. The van der Waals surface area contributed by atoms with E-state index in [1.165, 1.54) is 6.07 Å². The van der Waals surface area contributed by atoms with Crippen molar-refractivity contribution < 1.29 is 4.39 Å². The topological polar surface area (TPSA) is 77.3 Å². The molecule has 7 nitrogen and oxygen atoms in total. The molecule has 1 aromatic carbocycles. The number of rotatable bonds is 2. The quantitative estimate of drug-likeness (QED) is 0.498. The number of halogens is 2. The molecule has 3 aromatic heterocycles. The Morgan fingerprint density at radius 2 is 1.97 bits per heavy atom. The van der Waals surface area contributed by atoms with E-state index in [0.29, 0.717) is 16.4 Å². The number of nitrogens with two attached hydrogens (primary N) is 1. The Kier molecular flexibility index (Phi) is 4.32. The SMILES string of the molecule is Cc1ccc(F)c(-c2ncc3c(N4CCC5(CC4)Cn4nccc4[C@H]5N)nccn23)c1Cl. The number of hydrogen-bond acceptors (Lipinski definition) is 5. The van der Waals surface area contributed by atoms with Crippen molar-refractivity contribution >= 4 is 22.9 Å². The summed E-state index contributed by atoms with van der Waals surface area (Å²) in [5.74, 6) is 0.931. The molecule has 9 heteroatoms. The molecular weight excluding hydrogens is 429 g/mol. The second kappa shape index (κ2) is 7.02. The summed E-state index contributed by atoms with van der Waals surface area (Å²) in [5.41, 5.74) is 9.74. The van der Waals surface area contributed by atoms with Gasteiger partial charge < -0.3 is 10.6 Å². The minimum atomic E-state index is -0.390. The van der Waals surface area contributed by atoms with Crippen LogP contribution in [0.2, 0.25) is 5.02 Å². The lowest BCUT2D eigenvalue weighted by molar-refractivity contribution is 0.170. The maximum atomic E-state index is 14.7. The van der Waals surface area contributed by atoms with Gasteiger partial charge in [0.05, 0.1) is 28.5 Å². The molecule has 0 radical (unpaired) electrons. The molecule has 2 aliphatic heterocycles. The second-order valence-electron chi connectivity index (χ2n) is 8.88. The van der Waals surface area contributed by atoms with Crippen molar-refractivity contribution in [3.8, 4) is 11.4 Å². The summed E-state index contributed by atoms with van der Waals surface area (Å²) in [7, 11) is 0. The molecule has 6 rings (SSSR count). The second-order valence-corrected chi connectivity index (χ2v) is 9.26. The third-order valence-corrected chi connectivity index (χ3v) is 7.68. The smallest absolute Gasteiger partial charge is 0.154 e. The number of imidazole rings is 1. The monoisotopic (exact) mass is 451 g/mol.